The topological polar surface area (TPSA) is 35.8 Å². The first-order valence-electron chi connectivity index (χ1n) is 5.33. The fourth-order valence-corrected chi connectivity index (χ4v) is 1.95. The maximum absolute atomic E-state index is 9.09. The van der Waals surface area contributed by atoms with Crippen molar-refractivity contribution in [2.45, 2.75) is 12.5 Å². The molecule has 1 heterocycles. The molecule has 1 atom stereocenters. The van der Waals surface area contributed by atoms with Crippen molar-refractivity contribution in [3.05, 3.63) is 35.9 Å². The fourth-order valence-electron chi connectivity index (χ4n) is 1.95. The van der Waals surface area contributed by atoms with Crippen molar-refractivity contribution in [2.75, 3.05) is 19.7 Å². The summed E-state index contributed by atoms with van der Waals surface area (Å²) in [5.41, 5.74) is 1.25. The lowest BCUT2D eigenvalue weighted by atomic mass is 10.0. The number of hydrogen-bond donors (Lipinski definition) is 1. The Bertz CT molecular complexity index is 324. The Hall–Kier alpha value is -1.35. The van der Waals surface area contributed by atoms with Gasteiger partial charge in [0.05, 0.1) is 18.9 Å². The number of rotatable bonds is 4. The van der Waals surface area contributed by atoms with Crippen LogP contribution in [0.25, 0.3) is 0 Å². The number of benzene rings is 1. The van der Waals surface area contributed by atoms with Crippen LogP contribution in [0.4, 0.5) is 0 Å². The van der Waals surface area contributed by atoms with Crippen molar-refractivity contribution < 1.29 is 5.11 Å². The van der Waals surface area contributed by atoms with Crippen molar-refractivity contribution in [3.63, 3.8) is 0 Å². The molecule has 1 unspecified atom stereocenters. The molecule has 0 saturated heterocycles. The molecule has 1 aromatic rings. The van der Waals surface area contributed by atoms with Gasteiger partial charge in [-0.1, -0.05) is 30.3 Å². The lowest BCUT2D eigenvalue weighted by molar-refractivity contribution is 0.230. The number of aliphatic hydroxyl groups excluding tert-OH is 1. The first-order valence-corrected chi connectivity index (χ1v) is 5.33. The van der Waals surface area contributed by atoms with E-state index in [-0.39, 0.29) is 12.6 Å². The van der Waals surface area contributed by atoms with Crippen LogP contribution in [-0.2, 0) is 0 Å². The average molecular weight is 204 g/mol. The fraction of sp³-hybridized carbons (Fsp3) is 0.417. The van der Waals surface area contributed by atoms with Crippen LogP contribution < -0.4 is 0 Å². The third-order valence-corrected chi connectivity index (χ3v) is 2.70. The van der Waals surface area contributed by atoms with E-state index in [9.17, 15) is 0 Å². The molecule has 0 radical (unpaired) electrons. The van der Waals surface area contributed by atoms with Gasteiger partial charge in [-0.15, -0.1) is 0 Å². The van der Waals surface area contributed by atoms with E-state index in [1.807, 2.05) is 24.5 Å². The summed E-state index contributed by atoms with van der Waals surface area (Å²) in [5, 5.41) is 9.09. The van der Waals surface area contributed by atoms with Crippen molar-refractivity contribution in [1.29, 1.82) is 0 Å². The smallest absolute Gasteiger partial charge is 0.0856 e. The lowest BCUT2D eigenvalue weighted by Crippen LogP contribution is -2.26. The summed E-state index contributed by atoms with van der Waals surface area (Å²) in [4.78, 5) is 6.41. The Morgan fingerprint density at radius 1 is 1.33 bits per heavy atom. The van der Waals surface area contributed by atoms with Crippen molar-refractivity contribution in [3.8, 4) is 0 Å². The molecule has 1 aliphatic rings. The molecule has 3 heteroatoms. The van der Waals surface area contributed by atoms with Gasteiger partial charge >= 0.3 is 0 Å². The zero-order valence-electron chi connectivity index (χ0n) is 8.71. The molecule has 1 aliphatic heterocycles. The highest BCUT2D eigenvalue weighted by atomic mass is 16.3. The minimum absolute atomic E-state index is 0.212. The van der Waals surface area contributed by atoms with Crippen LogP contribution in [0.2, 0.25) is 0 Å². The second-order valence-electron chi connectivity index (χ2n) is 3.70. The molecular formula is C12H16N2O. The number of nitrogens with zero attached hydrogens (tertiary/aromatic N) is 2. The van der Waals surface area contributed by atoms with E-state index in [2.05, 4.69) is 22.0 Å². The molecule has 80 valence electrons. The Morgan fingerprint density at radius 2 is 2.13 bits per heavy atom. The Labute approximate surface area is 90.1 Å². The van der Waals surface area contributed by atoms with Crippen LogP contribution in [0.15, 0.2) is 35.3 Å². The van der Waals surface area contributed by atoms with E-state index in [0.29, 0.717) is 0 Å². The summed E-state index contributed by atoms with van der Waals surface area (Å²) in [6.45, 7) is 2.04. The number of hydrogen-bond acceptors (Lipinski definition) is 3. The Kier molecular flexibility index (Phi) is 3.35. The van der Waals surface area contributed by atoms with E-state index in [1.54, 1.807) is 0 Å². The van der Waals surface area contributed by atoms with E-state index in [0.717, 1.165) is 19.5 Å². The second-order valence-corrected chi connectivity index (χ2v) is 3.70. The molecule has 2 rings (SSSR count). The van der Waals surface area contributed by atoms with Crippen molar-refractivity contribution >= 4 is 6.34 Å². The van der Waals surface area contributed by atoms with Crippen LogP contribution in [0, 0.1) is 0 Å². The molecule has 1 aromatic carbocycles. The summed E-state index contributed by atoms with van der Waals surface area (Å²) in [6, 6.07) is 10.6. The first kappa shape index (κ1) is 10.2. The highest BCUT2D eigenvalue weighted by Crippen LogP contribution is 2.23. The van der Waals surface area contributed by atoms with Crippen LogP contribution in [0.1, 0.15) is 18.0 Å². The van der Waals surface area contributed by atoms with Gasteiger partial charge in [0.25, 0.3) is 0 Å². The number of aliphatic imine (C=N–C) groups is 1. The third-order valence-electron chi connectivity index (χ3n) is 2.70. The average Bonchev–Trinajstić information content (AvgIpc) is 2.80. The maximum atomic E-state index is 9.09. The molecule has 0 amide bonds. The van der Waals surface area contributed by atoms with Gasteiger partial charge in [-0.2, -0.15) is 0 Å². The Morgan fingerprint density at radius 3 is 2.73 bits per heavy atom. The van der Waals surface area contributed by atoms with Gasteiger partial charge in [-0.3, -0.25) is 4.99 Å². The summed E-state index contributed by atoms with van der Waals surface area (Å²) in [5.74, 6) is 0. The predicted octanol–water partition coefficient (Wildman–Crippen LogP) is 1.45. The van der Waals surface area contributed by atoms with Crippen LogP contribution in [-0.4, -0.2) is 36.0 Å². The molecule has 0 saturated carbocycles. The minimum Gasteiger partial charge on any atom is -0.396 e. The van der Waals surface area contributed by atoms with Gasteiger partial charge < -0.3 is 10.0 Å². The van der Waals surface area contributed by atoms with E-state index in [1.165, 1.54) is 5.56 Å². The highest BCUT2D eigenvalue weighted by Gasteiger charge is 2.19. The van der Waals surface area contributed by atoms with Gasteiger partial charge in [-0.25, -0.2) is 0 Å². The van der Waals surface area contributed by atoms with E-state index in [4.69, 9.17) is 5.11 Å². The summed E-state index contributed by atoms with van der Waals surface area (Å²) < 4.78 is 0. The van der Waals surface area contributed by atoms with Gasteiger partial charge in [0.2, 0.25) is 0 Å². The number of aliphatic hydroxyl groups is 1. The van der Waals surface area contributed by atoms with Crippen LogP contribution in [0.3, 0.4) is 0 Å². The van der Waals surface area contributed by atoms with E-state index >= 15 is 0 Å². The quantitative estimate of drug-likeness (QED) is 0.806. The monoisotopic (exact) mass is 204 g/mol. The zero-order chi connectivity index (χ0) is 10.5. The van der Waals surface area contributed by atoms with Crippen LogP contribution in [0.5, 0.6) is 0 Å². The summed E-state index contributed by atoms with van der Waals surface area (Å²) in [7, 11) is 0. The van der Waals surface area contributed by atoms with Gasteiger partial charge in [0.1, 0.15) is 0 Å². The molecule has 0 aromatic heterocycles. The molecule has 0 bridgehead atoms. The SMILES string of the molecule is OCCC(c1ccccc1)N1C=NCC1. The summed E-state index contributed by atoms with van der Waals surface area (Å²) in [6.07, 6.45) is 2.66. The van der Waals surface area contributed by atoms with Crippen LogP contribution >= 0.6 is 0 Å². The normalized spacial score (nSPS) is 17.0. The molecular weight excluding hydrogens is 188 g/mol. The van der Waals surface area contributed by atoms with E-state index < -0.39 is 0 Å². The Balaban J connectivity index is 2.15. The van der Waals surface area contributed by atoms with Gasteiger partial charge in [0.15, 0.2) is 0 Å². The van der Waals surface area contributed by atoms with Crippen molar-refractivity contribution in [2.24, 2.45) is 4.99 Å². The predicted molar refractivity (Wildman–Crippen MR) is 61.0 cm³/mol. The highest BCUT2D eigenvalue weighted by molar-refractivity contribution is 5.58. The first-order chi connectivity index (χ1) is 7.42. The molecule has 0 spiro atoms. The molecule has 0 fully saturated rings. The summed E-state index contributed by atoms with van der Waals surface area (Å²) >= 11 is 0. The molecule has 15 heavy (non-hydrogen) atoms. The second kappa shape index (κ2) is 4.94. The lowest BCUT2D eigenvalue weighted by Gasteiger charge is -2.26. The third kappa shape index (κ3) is 2.36. The molecule has 0 aliphatic carbocycles. The minimum atomic E-state index is 0.212. The van der Waals surface area contributed by atoms with Gasteiger partial charge in [-0.05, 0) is 12.0 Å². The maximum Gasteiger partial charge on any atom is 0.0856 e. The van der Waals surface area contributed by atoms with Gasteiger partial charge in [0, 0.05) is 13.2 Å². The molecule has 1 N–H and O–H groups in total. The zero-order valence-corrected chi connectivity index (χ0v) is 8.71. The largest absolute Gasteiger partial charge is 0.396 e. The van der Waals surface area contributed by atoms with Crippen molar-refractivity contribution in [1.82, 2.24) is 4.90 Å². The standard InChI is InChI=1S/C12H16N2O/c15-9-6-12(14-8-7-13-10-14)11-4-2-1-3-5-11/h1-5,10,12,15H,6-9H2. The molecule has 3 nitrogen and oxygen atoms in total.